The van der Waals surface area contributed by atoms with Crippen LogP contribution in [0.15, 0.2) is 139 Å². The third kappa shape index (κ3) is 4.24. The molecule has 1 aliphatic carbocycles. The van der Waals surface area contributed by atoms with E-state index in [0.717, 1.165) is 5.69 Å². The van der Waals surface area contributed by atoms with E-state index in [-0.39, 0.29) is 6.04 Å². The smallest absolute Gasteiger partial charge is 0.418 e. The largest absolute Gasteiger partial charge is 0.673 e. The zero-order valence-corrected chi connectivity index (χ0v) is 20.8. The summed E-state index contributed by atoms with van der Waals surface area (Å²) in [5.41, 5.74) is 9.39. The first kappa shape index (κ1) is 24.8. The van der Waals surface area contributed by atoms with Gasteiger partial charge in [0, 0.05) is 22.3 Å². The van der Waals surface area contributed by atoms with Gasteiger partial charge in [-0.15, -0.1) is 0 Å². The maximum Gasteiger partial charge on any atom is 0.673 e. The predicted octanol–water partition coefficient (Wildman–Crippen LogP) is 9.16. The van der Waals surface area contributed by atoms with Gasteiger partial charge in [-0.2, -0.15) is 0 Å². The first-order valence-corrected chi connectivity index (χ1v) is 12.7. The van der Waals surface area contributed by atoms with E-state index in [4.69, 9.17) is 5.11 Å². The van der Waals surface area contributed by atoms with E-state index in [0.29, 0.717) is 0 Å². The van der Waals surface area contributed by atoms with Crippen molar-refractivity contribution < 1.29 is 22.0 Å². The lowest BCUT2D eigenvalue weighted by Crippen LogP contribution is -2.39. The van der Waals surface area contributed by atoms with Crippen molar-refractivity contribution in [3.8, 4) is 11.1 Å². The summed E-state index contributed by atoms with van der Waals surface area (Å²) in [5, 5.41) is 5.37. The molecule has 39 heavy (non-hydrogen) atoms. The minimum absolute atomic E-state index is 0.0472. The highest BCUT2D eigenvalue weighted by Crippen LogP contribution is 2.59. The Morgan fingerprint density at radius 1 is 0.513 bits per heavy atom. The van der Waals surface area contributed by atoms with E-state index >= 15 is 0 Å². The highest BCUT2D eigenvalue weighted by Gasteiger charge is 2.61. The summed E-state index contributed by atoms with van der Waals surface area (Å²) in [7, 11) is -6.00. The van der Waals surface area contributed by atoms with Crippen molar-refractivity contribution in [2.45, 2.75) is 11.6 Å². The van der Waals surface area contributed by atoms with Crippen molar-refractivity contribution in [2.24, 2.45) is 5.11 Å². The van der Waals surface area contributed by atoms with Gasteiger partial charge in [-0.25, -0.2) is 0 Å². The maximum atomic E-state index is 9.75. The number of rotatable bonds is 3. The van der Waals surface area contributed by atoms with E-state index < -0.39 is 12.8 Å². The first-order valence-electron chi connectivity index (χ1n) is 12.7. The second-order valence-corrected chi connectivity index (χ2v) is 9.48. The molecule has 0 saturated carbocycles. The van der Waals surface area contributed by atoms with E-state index in [1.807, 2.05) is 0 Å². The van der Waals surface area contributed by atoms with Crippen molar-refractivity contribution >= 4 is 12.9 Å². The topological polar surface area (TPSA) is 15.4 Å². The zero-order valence-electron chi connectivity index (χ0n) is 20.8. The van der Waals surface area contributed by atoms with E-state index in [1.54, 1.807) is 0 Å². The average Bonchev–Trinajstić information content (AvgIpc) is 3.44. The van der Waals surface area contributed by atoms with E-state index in [1.165, 1.54) is 38.9 Å². The Hall–Kier alpha value is -4.52. The molecule has 0 atom stereocenters. The Balaban J connectivity index is 0.000000510. The van der Waals surface area contributed by atoms with E-state index in [9.17, 15) is 17.3 Å². The number of azo groups is 2. The summed E-state index contributed by atoms with van der Waals surface area (Å²) >= 11 is 0. The molecule has 0 N–H and O–H groups in total. The molecule has 5 aromatic rings. The molecule has 5 aromatic carbocycles. The number of fused-ring (bicyclic) bond motifs is 7. The second kappa shape index (κ2) is 9.66. The maximum absolute atomic E-state index is 9.75. The molecule has 2 nitrogen and oxygen atoms in total. The van der Waals surface area contributed by atoms with Crippen LogP contribution in [0.5, 0.6) is 0 Å². The molecular formula is C32H23BF4N2. The van der Waals surface area contributed by atoms with Crippen molar-refractivity contribution in [1.29, 1.82) is 0 Å². The zero-order chi connectivity index (χ0) is 27.0. The molecule has 192 valence electrons. The summed E-state index contributed by atoms with van der Waals surface area (Å²) in [6.07, 6.45) is 0. The number of benzene rings is 5. The number of hydrogen-bond donors (Lipinski definition) is 0. The number of halogens is 4. The van der Waals surface area contributed by atoms with Crippen LogP contribution >= 0.6 is 0 Å². The minimum Gasteiger partial charge on any atom is -0.418 e. The van der Waals surface area contributed by atoms with Gasteiger partial charge in [-0.05, 0) is 28.4 Å². The van der Waals surface area contributed by atoms with Gasteiger partial charge in [0.1, 0.15) is 5.69 Å². The fourth-order valence-corrected chi connectivity index (χ4v) is 5.93. The Bertz CT molecular complexity index is 1580. The molecule has 0 saturated heterocycles. The minimum atomic E-state index is -6.00. The van der Waals surface area contributed by atoms with Crippen LogP contribution < -0.4 is 0 Å². The second-order valence-electron chi connectivity index (χ2n) is 9.48. The fourth-order valence-electron chi connectivity index (χ4n) is 5.93. The van der Waals surface area contributed by atoms with Crippen LogP contribution in [0.1, 0.15) is 33.9 Å². The molecule has 1 aliphatic heterocycles. The summed E-state index contributed by atoms with van der Waals surface area (Å²) in [5.74, 6) is 0. The Kier molecular flexibility index (Phi) is 6.14. The molecule has 0 fully saturated rings. The lowest BCUT2D eigenvalue weighted by atomic mass is 9.79. The average molecular weight is 522 g/mol. The number of nitrogens with zero attached hydrogens (tertiary/aromatic N) is 2. The van der Waals surface area contributed by atoms with Gasteiger partial charge in [0.15, 0.2) is 0 Å². The lowest BCUT2D eigenvalue weighted by Gasteiger charge is -2.28. The normalized spacial score (nSPS) is 14.2. The summed E-state index contributed by atoms with van der Waals surface area (Å²) in [6, 6.07) is 47.8. The Labute approximate surface area is 224 Å². The van der Waals surface area contributed by atoms with Gasteiger partial charge in [-0.1, -0.05) is 126 Å². The Morgan fingerprint density at radius 2 is 0.897 bits per heavy atom. The van der Waals surface area contributed by atoms with Crippen molar-refractivity contribution in [3.05, 3.63) is 161 Å². The van der Waals surface area contributed by atoms with Gasteiger partial charge < -0.3 is 17.3 Å². The quantitative estimate of drug-likeness (QED) is 0.128. The molecule has 1 heterocycles. The highest BCUT2D eigenvalue weighted by molar-refractivity contribution is 6.50. The van der Waals surface area contributed by atoms with Crippen LogP contribution in [0.4, 0.5) is 23.0 Å². The molecule has 0 amide bonds. The Morgan fingerprint density at radius 3 is 1.38 bits per heavy atom. The summed E-state index contributed by atoms with van der Waals surface area (Å²) in [4.78, 5) is 0. The van der Waals surface area contributed by atoms with Crippen LogP contribution in [0.2, 0.25) is 0 Å². The monoisotopic (exact) mass is 522 g/mol. The lowest BCUT2D eigenvalue weighted by molar-refractivity contribution is -0.673. The van der Waals surface area contributed by atoms with Crippen molar-refractivity contribution in [3.63, 3.8) is 0 Å². The highest BCUT2D eigenvalue weighted by atomic mass is 19.5. The van der Waals surface area contributed by atoms with Crippen LogP contribution in [0.25, 0.3) is 11.1 Å². The van der Waals surface area contributed by atoms with Gasteiger partial charge in [0.05, 0.1) is 5.56 Å². The van der Waals surface area contributed by atoms with Crippen LogP contribution in [-0.4, -0.2) is 12.0 Å². The SMILES string of the molecule is F[B-](F)(F)F.c1ccc(C(c2ccccc2)[N+]2=Nc3ccccc3C23c2ccccc2-c2ccccc23)cc1. The standard InChI is InChI=1S/C32H23N2.BF4/c1-3-13-23(14-4-1)31(24-15-5-2-6-16-24)34-32(29-21-11-12-22-30(29)33-34)27-19-9-7-17-25(27)26-18-8-10-20-28(26)32;2-1(3,4)5/h1-22,31H;/q+1;-1. The molecule has 7 rings (SSSR count). The molecule has 0 radical (unpaired) electrons. The summed E-state index contributed by atoms with van der Waals surface area (Å²) < 4.78 is 41.4. The van der Waals surface area contributed by atoms with Crippen molar-refractivity contribution in [2.75, 3.05) is 0 Å². The summed E-state index contributed by atoms with van der Waals surface area (Å²) in [6.45, 7) is 0. The third-order valence-corrected chi connectivity index (χ3v) is 7.25. The van der Waals surface area contributed by atoms with Crippen LogP contribution in [-0.2, 0) is 5.54 Å². The van der Waals surface area contributed by atoms with Gasteiger partial charge in [0.2, 0.25) is 6.04 Å². The van der Waals surface area contributed by atoms with Gasteiger partial charge in [0.25, 0.3) is 5.54 Å². The molecule has 7 heteroatoms. The van der Waals surface area contributed by atoms with E-state index in [2.05, 4.69) is 138 Å². The van der Waals surface area contributed by atoms with Gasteiger partial charge in [-0.3, -0.25) is 0 Å². The van der Waals surface area contributed by atoms with Gasteiger partial charge >= 0.3 is 7.25 Å². The fraction of sp³-hybridized carbons (Fsp3) is 0.0625. The first-order chi connectivity index (χ1) is 18.9. The molecule has 0 aromatic heterocycles. The molecule has 2 aliphatic rings. The van der Waals surface area contributed by atoms with Crippen LogP contribution in [0, 0.1) is 0 Å². The predicted molar refractivity (Wildman–Crippen MR) is 145 cm³/mol. The third-order valence-electron chi connectivity index (χ3n) is 7.25. The molecular weight excluding hydrogens is 499 g/mol. The molecule has 1 spiro atoms. The number of hydrogen-bond acceptors (Lipinski definition) is 1. The van der Waals surface area contributed by atoms with Crippen molar-refractivity contribution in [1.82, 2.24) is 0 Å². The molecule has 0 bridgehead atoms. The molecule has 0 unspecified atom stereocenters. The van der Waals surface area contributed by atoms with Crippen LogP contribution in [0.3, 0.4) is 0 Å².